The first-order valence-corrected chi connectivity index (χ1v) is 11.1. The molecule has 1 aliphatic carbocycles. The molecule has 1 fully saturated rings. The highest BCUT2D eigenvalue weighted by Crippen LogP contribution is 2.55. The summed E-state index contributed by atoms with van der Waals surface area (Å²) >= 11 is 0. The van der Waals surface area contributed by atoms with E-state index in [0.717, 1.165) is 15.4 Å². The van der Waals surface area contributed by atoms with Crippen LogP contribution in [0, 0.1) is 5.95 Å². The van der Waals surface area contributed by atoms with Crippen LogP contribution in [0.5, 0.6) is 11.9 Å². The molecule has 6 rings (SSSR count). The van der Waals surface area contributed by atoms with Crippen LogP contribution in [0.1, 0.15) is 29.5 Å². The van der Waals surface area contributed by atoms with E-state index in [0.29, 0.717) is 45.5 Å². The van der Waals surface area contributed by atoms with Crippen LogP contribution in [0.2, 0.25) is 0 Å². The predicted octanol–water partition coefficient (Wildman–Crippen LogP) is 3.92. The molecule has 0 saturated heterocycles. The summed E-state index contributed by atoms with van der Waals surface area (Å²) < 4.78 is 65.9. The van der Waals surface area contributed by atoms with Gasteiger partial charge in [-0.3, -0.25) is 9.67 Å². The van der Waals surface area contributed by atoms with E-state index < -0.39 is 18.7 Å². The van der Waals surface area contributed by atoms with Crippen LogP contribution in [-0.2, 0) is 6.54 Å². The van der Waals surface area contributed by atoms with Crippen molar-refractivity contribution in [3.8, 4) is 23.1 Å². The minimum Gasteiger partial charge on any atom is -0.480 e. The van der Waals surface area contributed by atoms with Gasteiger partial charge in [0.25, 0.3) is 0 Å². The molecule has 5 aromatic rings. The first kappa shape index (κ1) is 23.1. The zero-order valence-corrected chi connectivity index (χ0v) is 19.4. The summed E-state index contributed by atoms with van der Waals surface area (Å²) in [5, 5.41) is 8.73. The molecular weight excluding hydrogens is 496 g/mol. The van der Waals surface area contributed by atoms with E-state index in [-0.39, 0.29) is 23.7 Å². The van der Waals surface area contributed by atoms with Crippen LogP contribution in [-0.4, -0.2) is 59.7 Å². The number of imidazole rings is 1. The lowest BCUT2D eigenvalue weighted by Gasteiger charge is -2.11. The van der Waals surface area contributed by atoms with Crippen LogP contribution in [0.15, 0.2) is 36.9 Å². The molecule has 0 radical (unpaired) electrons. The van der Waals surface area contributed by atoms with Crippen LogP contribution >= 0.6 is 0 Å². The second-order valence-corrected chi connectivity index (χ2v) is 8.61. The number of aromatic nitrogens is 8. The zero-order valence-electron chi connectivity index (χ0n) is 19.4. The Morgan fingerprint density at radius 3 is 2.59 bits per heavy atom. The Hall–Kier alpha value is -4.36. The molecule has 0 unspecified atom stereocenters. The van der Waals surface area contributed by atoms with Crippen molar-refractivity contribution in [1.29, 1.82) is 0 Å². The van der Waals surface area contributed by atoms with Crippen molar-refractivity contribution in [2.75, 3.05) is 14.2 Å². The van der Waals surface area contributed by atoms with E-state index in [1.165, 1.54) is 32.8 Å². The lowest BCUT2D eigenvalue weighted by molar-refractivity contribution is -0.141. The van der Waals surface area contributed by atoms with E-state index in [1.807, 2.05) is 0 Å². The topological polar surface area (TPSA) is 105 Å². The van der Waals surface area contributed by atoms with Gasteiger partial charge >= 0.3 is 12.2 Å². The van der Waals surface area contributed by atoms with Crippen molar-refractivity contribution < 1.29 is 27.0 Å². The summed E-state index contributed by atoms with van der Waals surface area (Å²) in [5.74, 6) is -0.673. The summed E-state index contributed by atoms with van der Waals surface area (Å²) in [6, 6.07) is 3.50. The second-order valence-electron chi connectivity index (χ2n) is 8.61. The molecule has 37 heavy (non-hydrogen) atoms. The van der Waals surface area contributed by atoms with Gasteiger partial charge in [0.15, 0.2) is 5.65 Å². The Kier molecular flexibility index (Phi) is 5.21. The van der Waals surface area contributed by atoms with Gasteiger partial charge in [-0.05, 0) is 24.5 Å². The second kappa shape index (κ2) is 8.35. The van der Waals surface area contributed by atoms with E-state index in [4.69, 9.17) is 9.47 Å². The van der Waals surface area contributed by atoms with Crippen molar-refractivity contribution in [3.63, 3.8) is 0 Å². The average molecular weight is 514 g/mol. The summed E-state index contributed by atoms with van der Waals surface area (Å²) in [5.41, 5.74) is 2.80. The number of alkyl halides is 3. The smallest absolute Gasteiger partial charge is 0.408 e. The van der Waals surface area contributed by atoms with Crippen LogP contribution in [0.3, 0.4) is 0 Å². The number of pyridine rings is 1. The number of nitrogens with zero attached hydrogens (tertiary/aromatic N) is 8. The van der Waals surface area contributed by atoms with E-state index >= 15 is 0 Å². The third-order valence-corrected chi connectivity index (χ3v) is 6.28. The molecule has 14 heteroatoms. The molecule has 0 N–H and O–H groups in total. The average Bonchev–Trinajstić information content (AvgIpc) is 3.47. The third-order valence-electron chi connectivity index (χ3n) is 6.28. The fraction of sp³-hybridized carbons (Fsp3) is 0.304. The van der Waals surface area contributed by atoms with Gasteiger partial charge in [0.1, 0.15) is 6.54 Å². The fourth-order valence-corrected chi connectivity index (χ4v) is 4.50. The lowest BCUT2D eigenvalue weighted by atomic mass is 10.1. The maximum atomic E-state index is 14.6. The monoisotopic (exact) mass is 514 g/mol. The molecular formula is C23H18F4N8O2. The van der Waals surface area contributed by atoms with Gasteiger partial charge in [-0.15, -0.1) is 0 Å². The predicted molar refractivity (Wildman–Crippen MR) is 121 cm³/mol. The van der Waals surface area contributed by atoms with Gasteiger partial charge in [0.05, 0.1) is 43.4 Å². The first-order chi connectivity index (χ1) is 17.8. The number of methoxy groups -OCH3 is 2. The maximum absolute atomic E-state index is 14.6. The fourth-order valence-electron chi connectivity index (χ4n) is 4.50. The van der Waals surface area contributed by atoms with E-state index in [9.17, 15) is 17.6 Å². The number of halogens is 4. The third kappa shape index (κ3) is 4.07. The van der Waals surface area contributed by atoms with Gasteiger partial charge < -0.3 is 9.47 Å². The van der Waals surface area contributed by atoms with Crippen molar-refractivity contribution in [1.82, 2.24) is 39.3 Å². The molecule has 5 aromatic heterocycles. The summed E-state index contributed by atoms with van der Waals surface area (Å²) in [6.07, 6.45) is 1.67. The van der Waals surface area contributed by atoms with Crippen molar-refractivity contribution >= 4 is 16.6 Å². The summed E-state index contributed by atoms with van der Waals surface area (Å²) in [7, 11) is 2.86. The van der Waals surface area contributed by atoms with Gasteiger partial charge in [-0.2, -0.15) is 37.3 Å². The standard InChI is InChI=1S/C23H18F4N8O2/c1-36-21-15(8-30-22(32-21)37-2)17-4-14(20-29-9-19(24)35(20)33-17)12-3-13(12)16-5-18-11(6-28-16)7-31-34(18)10-23(25,26)27/h4-9,12-13H,3,10H2,1-2H3/t12-,13-/m0/s1. The van der Waals surface area contributed by atoms with Gasteiger partial charge in [-0.1, -0.05) is 0 Å². The zero-order chi connectivity index (χ0) is 25.9. The van der Waals surface area contributed by atoms with E-state index in [1.54, 1.807) is 12.1 Å². The molecule has 190 valence electrons. The first-order valence-electron chi connectivity index (χ1n) is 11.1. The molecule has 0 amide bonds. The Morgan fingerprint density at radius 1 is 1.00 bits per heavy atom. The van der Waals surface area contributed by atoms with Crippen LogP contribution in [0.4, 0.5) is 17.6 Å². The minimum atomic E-state index is -4.40. The molecule has 0 aliphatic heterocycles. The van der Waals surface area contributed by atoms with Crippen molar-refractivity contribution in [3.05, 3.63) is 54.1 Å². The Bertz CT molecular complexity index is 1650. The number of fused-ring (bicyclic) bond motifs is 2. The Balaban J connectivity index is 1.40. The quantitative estimate of drug-likeness (QED) is 0.314. The lowest BCUT2D eigenvalue weighted by Crippen LogP contribution is -2.18. The summed E-state index contributed by atoms with van der Waals surface area (Å²) in [6.45, 7) is -1.19. The Labute approximate surface area is 205 Å². The molecule has 2 atom stereocenters. The van der Waals surface area contributed by atoms with Crippen LogP contribution in [0.25, 0.3) is 27.8 Å². The summed E-state index contributed by atoms with van der Waals surface area (Å²) in [4.78, 5) is 16.9. The van der Waals surface area contributed by atoms with E-state index in [2.05, 4.69) is 30.1 Å². The highest BCUT2D eigenvalue weighted by molar-refractivity contribution is 5.78. The molecule has 0 aromatic carbocycles. The number of rotatable bonds is 6. The molecule has 1 saturated carbocycles. The highest BCUT2D eigenvalue weighted by atomic mass is 19.4. The number of hydrogen-bond acceptors (Lipinski definition) is 8. The molecule has 1 aliphatic rings. The molecule has 10 nitrogen and oxygen atoms in total. The minimum absolute atomic E-state index is 0.101. The highest BCUT2D eigenvalue weighted by Gasteiger charge is 2.43. The maximum Gasteiger partial charge on any atom is 0.408 e. The normalized spacial score (nSPS) is 17.5. The van der Waals surface area contributed by atoms with Crippen molar-refractivity contribution in [2.24, 2.45) is 0 Å². The van der Waals surface area contributed by atoms with Gasteiger partial charge in [0, 0.05) is 35.0 Å². The molecule has 0 spiro atoms. The number of ether oxygens (including phenoxy) is 2. The molecule has 5 heterocycles. The largest absolute Gasteiger partial charge is 0.480 e. The van der Waals surface area contributed by atoms with Gasteiger partial charge in [-0.25, -0.2) is 9.97 Å². The SMILES string of the molecule is COc1ncc(-c2cc([C@H]3C[C@@H]3c3cc4c(cn3)cnn4CC(F)(F)F)c3ncc(F)n3n2)c(OC)n1. The van der Waals surface area contributed by atoms with Crippen LogP contribution < -0.4 is 9.47 Å². The molecule has 0 bridgehead atoms. The van der Waals surface area contributed by atoms with Crippen molar-refractivity contribution in [2.45, 2.75) is 31.0 Å². The number of hydrogen-bond donors (Lipinski definition) is 0. The van der Waals surface area contributed by atoms with Gasteiger partial charge in [0.2, 0.25) is 11.8 Å². The Morgan fingerprint density at radius 2 is 1.84 bits per heavy atom.